The zero-order chi connectivity index (χ0) is 16.8. The van der Waals surface area contributed by atoms with Gasteiger partial charge in [-0.15, -0.1) is 11.3 Å². The van der Waals surface area contributed by atoms with E-state index >= 15 is 0 Å². The van der Waals surface area contributed by atoms with E-state index in [0.717, 1.165) is 0 Å². The number of amides is 1. The largest absolute Gasteiger partial charge is 0.467 e. The molecule has 1 unspecified atom stereocenters. The van der Waals surface area contributed by atoms with Gasteiger partial charge in [0.2, 0.25) is 6.10 Å². The van der Waals surface area contributed by atoms with Crippen LogP contribution in [0.2, 0.25) is 0 Å². The standard InChI is InChI=1S/C17H14N2O4S/c20-16(19-11-12-5-3-9-22-12)15(13-6-1-2-8-18-13)23-17(21)14-7-4-10-24-14/h1-10,15H,11H2,(H,19,20). The maximum Gasteiger partial charge on any atom is 0.349 e. The molecule has 3 aromatic rings. The van der Waals surface area contributed by atoms with Gasteiger partial charge < -0.3 is 14.5 Å². The first kappa shape index (κ1) is 15.9. The maximum absolute atomic E-state index is 12.5. The van der Waals surface area contributed by atoms with Crippen LogP contribution in [0.3, 0.4) is 0 Å². The minimum atomic E-state index is -1.13. The Morgan fingerprint density at radius 2 is 2.12 bits per heavy atom. The Morgan fingerprint density at radius 3 is 2.79 bits per heavy atom. The molecule has 0 aliphatic heterocycles. The van der Waals surface area contributed by atoms with E-state index in [0.29, 0.717) is 16.3 Å². The van der Waals surface area contributed by atoms with Crippen molar-refractivity contribution in [2.24, 2.45) is 0 Å². The molecule has 0 saturated heterocycles. The first-order chi connectivity index (χ1) is 11.7. The molecule has 0 spiro atoms. The zero-order valence-corrected chi connectivity index (χ0v) is 13.4. The molecule has 6 nitrogen and oxygen atoms in total. The topological polar surface area (TPSA) is 81.4 Å². The summed E-state index contributed by atoms with van der Waals surface area (Å²) in [6.07, 6.45) is 1.94. The van der Waals surface area contributed by atoms with Gasteiger partial charge in [0.15, 0.2) is 0 Å². The fourth-order valence-electron chi connectivity index (χ4n) is 2.02. The van der Waals surface area contributed by atoms with E-state index in [1.807, 2.05) is 0 Å². The molecule has 1 amide bonds. The number of nitrogens with one attached hydrogen (secondary N) is 1. The van der Waals surface area contributed by atoms with Gasteiger partial charge >= 0.3 is 5.97 Å². The summed E-state index contributed by atoms with van der Waals surface area (Å²) < 4.78 is 10.6. The highest BCUT2D eigenvalue weighted by Gasteiger charge is 2.27. The third-order valence-electron chi connectivity index (χ3n) is 3.16. The molecule has 24 heavy (non-hydrogen) atoms. The third kappa shape index (κ3) is 3.88. The lowest BCUT2D eigenvalue weighted by molar-refractivity contribution is -0.130. The molecule has 0 saturated carbocycles. The summed E-state index contributed by atoms with van der Waals surface area (Å²) in [5, 5.41) is 4.45. The third-order valence-corrected chi connectivity index (χ3v) is 4.01. The van der Waals surface area contributed by atoms with Gasteiger partial charge in [-0.2, -0.15) is 0 Å². The van der Waals surface area contributed by atoms with Crippen LogP contribution < -0.4 is 5.32 Å². The summed E-state index contributed by atoms with van der Waals surface area (Å²) in [7, 11) is 0. The fraction of sp³-hybridized carbons (Fsp3) is 0.118. The number of carbonyl (C=O) groups excluding carboxylic acids is 2. The van der Waals surface area contributed by atoms with E-state index < -0.39 is 18.0 Å². The SMILES string of the molecule is O=C(OC(C(=O)NCc1ccco1)c1ccccn1)c1cccs1. The number of esters is 1. The Bertz CT molecular complexity index is 785. The van der Waals surface area contributed by atoms with Gasteiger partial charge in [-0.05, 0) is 35.7 Å². The molecule has 1 atom stereocenters. The number of nitrogens with zero attached hydrogens (tertiary/aromatic N) is 1. The van der Waals surface area contributed by atoms with Crippen molar-refractivity contribution in [2.75, 3.05) is 0 Å². The van der Waals surface area contributed by atoms with E-state index in [9.17, 15) is 9.59 Å². The molecule has 0 bridgehead atoms. The summed E-state index contributed by atoms with van der Waals surface area (Å²) in [6, 6.07) is 12.0. The van der Waals surface area contributed by atoms with Crippen molar-refractivity contribution < 1.29 is 18.7 Å². The predicted octanol–water partition coefficient (Wildman–Crippen LogP) is 2.95. The number of thiophene rings is 1. The van der Waals surface area contributed by atoms with Crippen LogP contribution in [-0.4, -0.2) is 16.9 Å². The van der Waals surface area contributed by atoms with E-state index in [2.05, 4.69) is 10.3 Å². The van der Waals surface area contributed by atoms with Crippen molar-refractivity contribution in [3.8, 4) is 0 Å². The van der Waals surface area contributed by atoms with E-state index in [-0.39, 0.29) is 6.54 Å². The van der Waals surface area contributed by atoms with Crippen LogP contribution in [-0.2, 0) is 16.1 Å². The van der Waals surface area contributed by atoms with Gasteiger partial charge in [0.05, 0.1) is 18.5 Å². The molecule has 122 valence electrons. The molecule has 7 heteroatoms. The van der Waals surface area contributed by atoms with Crippen LogP contribution in [0.1, 0.15) is 27.2 Å². The van der Waals surface area contributed by atoms with Crippen molar-refractivity contribution >= 4 is 23.2 Å². The Balaban J connectivity index is 1.74. The normalized spacial score (nSPS) is 11.7. The van der Waals surface area contributed by atoms with Crippen molar-refractivity contribution in [2.45, 2.75) is 12.6 Å². The van der Waals surface area contributed by atoms with Gasteiger partial charge in [-0.3, -0.25) is 9.78 Å². The summed E-state index contributed by atoms with van der Waals surface area (Å²) in [5.74, 6) is -0.420. The number of hydrogen-bond donors (Lipinski definition) is 1. The molecule has 3 rings (SSSR count). The first-order valence-corrected chi connectivity index (χ1v) is 8.07. The Kier molecular flexibility index (Phi) is 5.02. The lowest BCUT2D eigenvalue weighted by Crippen LogP contribution is -2.32. The van der Waals surface area contributed by atoms with Crippen molar-refractivity contribution in [3.05, 3.63) is 76.6 Å². The summed E-state index contributed by atoms with van der Waals surface area (Å²) in [4.78, 5) is 29.2. The Labute approximate surface area is 142 Å². The van der Waals surface area contributed by atoms with Gasteiger partial charge in [0, 0.05) is 6.20 Å². The number of hydrogen-bond acceptors (Lipinski definition) is 6. The smallest absolute Gasteiger partial charge is 0.349 e. The first-order valence-electron chi connectivity index (χ1n) is 7.19. The second-order valence-electron chi connectivity index (χ2n) is 4.81. The van der Waals surface area contributed by atoms with Crippen LogP contribution in [0, 0.1) is 0 Å². The molecule has 3 aromatic heterocycles. The highest BCUT2D eigenvalue weighted by atomic mass is 32.1. The van der Waals surface area contributed by atoms with Crippen LogP contribution in [0.4, 0.5) is 0 Å². The van der Waals surface area contributed by atoms with E-state index in [4.69, 9.17) is 9.15 Å². The maximum atomic E-state index is 12.5. The Morgan fingerprint density at radius 1 is 1.21 bits per heavy atom. The van der Waals surface area contributed by atoms with Gasteiger partial charge in [0.25, 0.3) is 5.91 Å². The van der Waals surface area contributed by atoms with Gasteiger partial charge in [0.1, 0.15) is 10.6 Å². The summed E-state index contributed by atoms with van der Waals surface area (Å²) in [5.41, 5.74) is 0.361. The van der Waals surface area contributed by atoms with E-state index in [1.165, 1.54) is 17.6 Å². The highest BCUT2D eigenvalue weighted by molar-refractivity contribution is 7.11. The average molecular weight is 342 g/mol. The molecule has 0 aliphatic carbocycles. The molecular weight excluding hydrogens is 328 g/mol. The molecule has 3 heterocycles. The second kappa shape index (κ2) is 7.56. The predicted molar refractivity (Wildman–Crippen MR) is 87.3 cm³/mol. The van der Waals surface area contributed by atoms with Crippen LogP contribution in [0.5, 0.6) is 0 Å². The number of aromatic nitrogens is 1. The minimum Gasteiger partial charge on any atom is -0.467 e. The minimum absolute atomic E-state index is 0.200. The van der Waals surface area contributed by atoms with Crippen molar-refractivity contribution in [3.63, 3.8) is 0 Å². The number of rotatable bonds is 6. The van der Waals surface area contributed by atoms with Crippen LogP contribution >= 0.6 is 11.3 Å². The second-order valence-corrected chi connectivity index (χ2v) is 5.76. The molecule has 1 N–H and O–H groups in total. The highest BCUT2D eigenvalue weighted by Crippen LogP contribution is 2.20. The number of furan rings is 1. The number of ether oxygens (including phenoxy) is 1. The number of pyridine rings is 1. The van der Waals surface area contributed by atoms with Crippen LogP contribution in [0.25, 0.3) is 0 Å². The van der Waals surface area contributed by atoms with Crippen molar-refractivity contribution in [1.82, 2.24) is 10.3 Å². The molecule has 0 fully saturated rings. The zero-order valence-electron chi connectivity index (χ0n) is 12.5. The summed E-state index contributed by atoms with van der Waals surface area (Å²) in [6.45, 7) is 0.200. The van der Waals surface area contributed by atoms with E-state index in [1.54, 1.807) is 54.0 Å². The lowest BCUT2D eigenvalue weighted by atomic mass is 10.2. The average Bonchev–Trinajstić information content (AvgIpc) is 3.31. The summed E-state index contributed by atoms with van der Waals surface area (Å²) >= 11 is 1.25. The Hall–Kier alpha value is -2.93. The van der Waals surface area contributed by atoms with Crippen LogP contribution in [0.15, 0.2) is 64.7 Å². The fourth-order valence-corrected chi connectivity index (χ4v) is 2.62. The van der Waals surface area contributed by atoms with Gasteiger partial charge in [-0.25, -0.2) is 4.79 Å². The molecule has 0 aliphatic rings. The van der Waals surface area contributed by atoms with Gasteiger partial charge in [-0.1, -0.05) is 12.1 Å². The molecule has 0 radical (unpaired) electrons. The molecule has 0 aromatic carbocycles. The number of carbonyl (C=O) groups is 2. The quantitative estimate of drug-likeness (QED) is 0.697. The van der Waals surface area contributed by atoms with Crippen molar-refractivity contribution in [1.29, 1.82) is 0 Å². The molecular formula is C17H14N2O4S. The monoisotopic (exact) mass is 342 g/mol. The lowest BCUT2D eigenvalue weighted by Gasteiger charge is -2.16.